The van der Waals surface area contributed by atoms with Gasteiger partial charge < -0.3 is 14.4 Å². The highest BCUT2D eigenvalue weighted by Crippen LogP contribution is 2.33. The van der Waals surface area contributed by atoms with E-state index < -0.39 is 5.97 Å². The van der Waals surface area contributed by atoms with Crippen LogP contribution in [0.25, 0.3) is 22.2 Å². The summed E-state index contributed by atoms with van der Waals surface area (Å²) in [5.74, 6) is 0.210. The van der Waals surface area contributed by atoms with Crippen molar-refractivity contribution in [1.82, 2.24) is 10.1 Å². The maximum atomic E-state index is 10.4. The fourth-order valence-corrected chi connectivity index (χ4v) is 2.78. The number of carboxylic acids is 1. The van der Waals surface area contributed by atoms with Gasteiger partial charge in [-0.05, 0) is 35.7 Å². The number of thiophene rings is 1. The van der Waals surface area contributed by atoms with E-state index in [4.69, 9.17) is 26.0 Å². The van der Waals surface area contributed by atoms with Crippen molar-refractivity contribution < 1.29 is 19.2 Å². The van der Waals surface area contributed by atoms with Crippen LogP contribution in [0.5, 0.6) is 5.75 Å². The largest absolute Gasteiger partial charge is 0.482 e. The Hall–Kier alpha value is -2.38. The van der Waals surface area contributed by atoms with Gasteiger partial charge in [0.05, 0.1) is 5.02 Å². The average molecular weight is 337 g/mol. The lowest BCUT2D eigenvalue weighted by Gasteiger charge is -2.02. The average Bonchev–Trinajstić information content (AvgIpc) is 3.14. The maximum absolute atomic E-state index is 10.4. The first kappa shape index (κ1) is 14.6. The van der Waals surface area contributed by atoms with Gasteiger partial charge in [-0.15, -0.1) is 11.3 Å². The van der Waals surface area contributed by atoms with Crippen LogP contribution in [-0.4, -0.2) is 27.8 Å². The number of rotatable bonds is 5. The second kappa shape index (κ2) is 6.17. The molecule has 0 unspecified atom stereocenters. The van der Waals surface area contributed by atoms with Crippen LogP contribution in [0.4, 0.5) is 0 Å². The summed E-state index contributed by atoms with van der Waals surface area (Å²) in [4.78, 5) is 15.5. The number of aromatic nitrogens is 2. The molecule has 22 heavy (non-hydrogen) atoms. The van der Waals surface area contributed by atoms with Gasteiger partial charge in [0.25, 0.3) is 5.89 Å². The number of halogens is 1. The molecule has 0 amide bonds. The second-order valence-corrected chi connectivity index (χ2v) is 5.55. The van der Waals surface area contributed by atoms with Gasteiger partial charge in [-0.3, -0.25) is 0 Å². The van der Waals surface area contributed by atoms with E-state index in [1.165, 1.54) is 11.3 Å². The van der Waals surface area contributed by atoms with Gasteiger partial charge in [0, 0.05) is 5.56 Å². The molecule has 1 N–H and O–H groups in total. The van der Waals surface area contributed by atoms with Crippen molar-refractivity contribution in [3.8, 4) is 27.9 Å². The van der Waals surface area contributed by atoms with Gasteiger partial charge in [0.1, 0.15) is 10.6 Å². The zero-order valence-corrected chi connectivity index (χ0v) is 12.6. The summed E-state index contributed by atoms with van der Waals surface area (Å²) in [5.41, 5.74) is 0.727. The Morgan fingerprint density at radius 3 is 2.73 bits per heavy atom. The first-order valence-electron chi connectivity index (χ1n) is 6.15. The molecular formula is C14H9ClN2O4S. The quantitative estimate of drug-likeness (QED) is 0.766. The molecule has 0 saturated heterocycles. The summed E-state index contributed by atoms with van der Waals surface area (Å²) in [6.45, 7) is -0.386. The molecule has 2 heterocycles. The summed E-state index contributed by atoms with van der Waals surface area (Å²) in [6.07, 6.45) is 0. The Balaban J connectivity index is 1.79. The van der Waals surface area contributed by atoms with Crippen molar-refractivity contribution in [2.75, 3.05) is 6.61 Å². The zero-order chi connectivity index (χ0) is 15.5. The number of hydrogen-bond donors (Lipinski definition) is 1. The van der Waals surface area contributed by atoms with Crippen LogP contribution in [0.3, 0.4) is 0 Å². The standard InChI is InChI=1S/C14H9ClN2O4S/c15-10-5-6-22-12(10)14-16-13(17-21-14)8-1-3-9(4-2-8)20-7-11(18)19/h1-6H,7H2,(H,18,19). The highest BCUT2D eigenvalue weighted by atomic mass is 35.5. The van der Waals surface area contributed by atoms with Crippen LogP contribution in [0.2, 0.25) is 5.02 Å². The Bertz CT molecular complexity index is 797. The third kappa shape index (κ3) is 3.10. The molecule has 3 aromatic rings. The fraction of sp³-hybridized carbons (Fsp3) is 0.0714. The van der Waals surface area contributed by atoms with E-state index >= 15 is 0 Å². The number of carboxylic acid groups (broad SMARTS) is 1. The predicted octanol–water partition coefficient (Wildman–Crippen LogP) is 3.58. The van der Waals surface area contributed by atoms with Gasteiger partial charge in [-0.2, -0.15) is 4.98 Å². The molecule has 112 valence electrons. The number of aliphatic carboxylic acids is 1. The monoisotopic (exact) mass is 336 g/mol. The third-order valence-corrected chi connectivity index (χ3v) is 4.04. The lowest BCUT2D eigenvalue weighted by molar-refractivity contribution is -0.139. The van der Waals surface area contributed by atoms with Gasteiger partial charge >= 0.3 is 5.97 Å². The first-order chi connectivity index (χ1) is 10.6. The molecule has 0 bridgehead atoms. The van der Waals surface area contributed by atoms with Gasteiger partial charge in [0.2, 0.25) is 5.82 Å². The van der Waals surface area contributed by atoms with Gasteiger partial charge in [-0.1, -0.05) is 16.8 Å². The van der Waals surface area contributed by atoms with E-state index in [-0.39, 0.29) is 6.61 Å². The summed E-state index contributed by atoms with van der Waals surface area (Å²) < 4.78 is 10.3. The summed E-state index contributed by atoms with van der Waals surface area (Å²) in [7, 11) is 0. The number of ether oxygens (including phenoxy) is 1. The van der Waals surface area contributed by atoms with Crippen LogP contribution in [0.1, 0.15) is 0 Å². The molecule has 0 atom stereocenters. The summed E-state index contributed by atoms with van der Waals surface area (Å²) >= 11 is 7.45. The molecule has 0 aliphatic heterocycles. The SMILES string of the molecule is O=C(O)COc1ccc(-c2noc(-c3sccc3Cl)n2)cc1. The van der Waals surface area contributed by atoms with Crippen LogP contribution in [-0.2, 0) is 4.79 Å². The minimum Gasteiger partial charge on any atom is -0.482 e. The van der Waals surface area contributed by atoms with E-state index in [0.29, 0.717) is 22.5 Å². The molecule has 3 rings (SSSR count). The third-order valence-electron chi connectivity index (χ3n) is 2.71. The van der Waals surface area contributed by atoms with E-state index in [2.05, 4.69) is 10.1 Å². The summed E-state index contributed by atoms with van der Waals surface area (Å²) in [6, 6.07) is 8.50. The van der Waals surface area contributed by atoms with Crippen molar-refractivity contribution >= 4 is 28.9 Å². The van der Waals surface area contributed by atoms with Crippen molar-refractivity contribution in [3.63, 3.8) is 0 Å². The molecule has 2 aromatic heterocycles. The fourth-order valence-electron chi connectivity index (χ4n) is 1.72. The van der Waals surface area contributed by atoms with Crippen LogP contribution in [0.15, 0.2) is 40.2 Å². The van der Waals surface area contributed by atoms with Gasteiger partial charge in [-0.25, -0.2) is 4.79 Å². The predicted molar refractivity (Wildman–Crippen MR) is 81.2 cm³/mol. The van der Waals surface area contributed by atoms with Gasteiger partial charge in [0.15, 0.2) is 6.61 Å². The van der Waals surface area contributed by atoms with E-state index in [9.17, 15) is 4.79 Å². The summed E-state index contributed by atoms with van der Waals surface area (Å²) in [5, 5.41) is 14.9. The highest BCUT2D eigenvalue weighted by Gasteiger charge is 2.14. The van der Waals surface area contributed by atoms with Crippen molar-refractivity contribution in [2.45, 2.75) is 0 Å². The lowest BCUT2D eigenvalue weighted by Crippen LogP contribution is -2.09. The second-order valence-electron chi connectivity index (χ2n) is 4.23. The Morgan fingerprint density at radius 1 is 1.32 bits per heavy atom. The normalized spacial score (nSPS) is 10.6. The smallest absolute Gasteiger partial charge is 0.341 e. The highest BCUT2D eigenvalue weighted by molar-refractivity contribution is 7.14. The molecular weight excluding hydrogens is 328 g/mol. The molecule has 8 heteroatoms. The molecule has 0 radical (unpaired) electrons. The van der Waals surface area contributed by atoms with Crippen LogP contribution >= 0.6 is 22.9 Å². The van der Waals surface area contributed by atoms with Crippen molar-refractivity contribution in [2.24, 2.45) is 0 Å². The maximum Gasteiger partial charge on any atom is 0.341 e. The number of benzene rings is 1. The van der Waals surface area contributed by atoms with Crippen LogP contribution in [0, 0.1) is 0 Å². The minimum atomic E-state index is -1.03. The minimum absolute atomic E-state index is 0.362. The zero-order valence-electron chi connectivity index (χ0n) is 11.0. The Labute approximate surface area is 133 Å². The molecule has 0 spiro atoms. The number of hydrogen-bond acceptors (Lipinski definition) is 6. The van der Waals surface area contributed by atoms with E-state index in [1.54, 1.807) is 30.3 Å². The molecule has 0 fully saturated rings. The lowest BCUT2D eigenvalue weighted by atomic mass is 10.2. The van der Waals surface area contributed by atoms with Crippen LogP contribution < -0.4 is 4.74 Å². The molecule has 0 aliphatic carbocycles. The number of carbonyl (C=O) groups is 1. The van der Waals surface area contributed by atoms with E-state index in [1.807, 2.05) is 5.38 Å². The first-order valence-corrected chi connectivity index (χ1v) is 7.41. The molecule has 0 aliphatic rings. The Kier molecular flexibility index (Phi) is 4.08. The van der Waals surface area contributed by atoms with Crippen molar-refractivity contribution in [3.05, 3.63) is 40.7 Å². The van der Waals surface area contributed by atoms with E-state index in [0.717, 1.165) is 10.4 Å². The molecule has 6 nitrogen and oxygen atoms in total. The topological polar surface area (TPSA) is 85.5 Å². The Morgan fingerprint density at radius 2 is 2.09 bits per heavy atom. The number of nitrogens with zero attached hydrogens (tertiary/aromatic N) is 2. The van der Waals surface area contributed by atoms with Crippen molar-refractivity contribution in [1.29, 1.82) is 0 Å². The molecule has 1 aromatic carbocycles. The molecule has 0 saturated carbocycles.